The summed E-state index contributed by atoms with van der Waals surface area (Å²) in [5.74, 6) is 1.60. The summed E-state index contributed by atoms with van der Waals surface area (Å²) < 4.78 is 10.6. The van der Waals surface area contributed by atoms with Crippen molar-refractivity contribution < 1.29 is 21.9 Å². The monoisotopic (exact) mass is 284 g/mol. The highest BCUT2D eigenvalue weighted by Gasteiger charge is 2.12. The van der Waals surface area contributed by atoms with E-state index in [1.165, 1.54) is 37.7 Å². The molecule has 2 rings (SSSR count). The number of ether oxygens (including phenoxy) is 2. The van der Waals surface area contributed by atoms with Gasteiger partial charge in [0.05, 0.1) is 14.2 Å². The van der Waals surface area contributed by atoms with E-state index in [0.29, 0.717) is 6.04 Å². The molecule has 0 aromatic heterocycles. The molecule has 0 atom stereocenters. The lowest BCUT2D eigenvalue weighted by Gasteiger charge is -2.23. The minimum absolute atomic E-state index is 0. The molecule has 0 amide bonds. The fourth-order valence-corrected chi connectivity index (χ4v) is 2.56. The molecule has 1 aliphatic carbocycles. The summed E-state index contributed by atoms with van der Waals surface area (Å²) in [7, 11) is 3.34. The van der Waals surface area contributed by atoms with E-state index in [9.17, 15) is 0 Å². The van der Waals surface area contributed by atoms with Gasteiger partial charge in [0.15, 0.2) is 11.5 Å². The minimum atomic E-state index is 0. The molecule has 0 bridgehead atoms. The number of rotatable bonds is 5. The largest absolute Gasteiger partial charge is 1.00 e. The van der Waals surface area contributed by atoms with Crippen LogP contribution in [0.3, 0.4) is 0 Å². The molecule has 0 unspecified atom stereocenters. The molecule has 1 fully saturated rings. The predicted molar refractivity (Wildman–Crippen MR) is 73.3 cm³/mol. The Morgan fingerprint density at radius 1 is 1.05 bits per heavy atom. The fourth-order valence-electron chi connectivity index (χ4n) is 2.56. The number of methoxy groups -OCH3 is 2. The molecule has 0 saturated heterocycles. The fraction of sp³-hybridized carbons (Fsp3) is 0.600. The zero-order valence-corrected chi connectivity index (χ0v) is 12.5. The zero-order valence-electron chi connectivity index (χ0n) is 11.7. The van der Waals surface area contributed by atoms with Gasteiger partial charge in [-0.05, 0) is 30.5 Å². The molecule has 1 aromatic carbocycles. The third-order valence-electron chi connectivity index (χ3n) is 3.65. The summed E-state index contributed by atoms with van der Waals surface area (Å²) in [4.78, 5) is 0. The molecular formula is C15H23ClNO2-. The van der Waals surface area contributed by atoms with E-state index in [4.69, 9.17) is 9.47 Å². The maximum atomic E-state index is 5.32. The van der Waals surface area contributed by atoms with Crippen LogP contribution in [0.1, 0.15) is 37.7 Å². The van der Waals surface area contributed by atoms with E-state index in [2.05, 4.69) is 17.4 Å². The molecule has 0 aliphatic heterocycles. The van der Waals surface area contributed by atoms with E-state index < -0.39 is 0 Å². The van der Waals surface area contributed by atoms with Gasteiger partial charge in [0.1, 0.15) is 0 Å². The molecule has 4 heteroatoms. The molecule has 1 aliphatic rings. The summed E-state index contributed by atoms with van der Waals surface area (Å²) in [6.45, 7) is 0.908. The first-order chi connectivity index (χ1) is 8.83. The van der Waals surface area contributed by atoms with Crippen molar-refractivity contribution in [1.29, 1.82) is 0 Å². The second-order valence-electron chi connectivity index (χ2n) is 4.91. The summed E-state index contributed by atoms with van der Waals surface area (Å²) in [6, 6.07) is 6.80. The molecule has 0 radical (unpaired) electrons. The molecule has 108 valence electrons. The van der Waals surface area contributed by atoms with Crippen LogP contribution >= 0.6 is 0 Å². The molecule has 1 saturated carbocycles. The Balaban J connectivity index is 0.00000180. The molecule has 0 spiro atoms. The first kappa shape index (κ1) is 16.1. The van der Waals surface area contributed by atoms with E-state index >= 15 is 0 Å². The highest BCUT2D eigenvalue weighted by molar-refractivity contribution is 5.42. The first-order valence-electron chi connectivity index (χ1n) is 6.78. The van der Waals surface area contributed by atoms with Crippen molar-refractivity contribution in [1.82, 2.24) is 5.32 Å². The minimum Gasteiger partial charge on any atom is -1.00 e. The predicted octanol–water partition coefficient (Wildman–Crippen LogP) is 0.130. The summed E-state index contributed by atoms with van der Waals surface area (Å²) in [5.41, 5.74) is 1.25. The Morgan fingerprint density at radius 3 is 2.37 bits per heavy atom. The maximum Gasteiger partial charge on any atom is 0.161 e. The van der Waals surface area contributed by atoms with Gasteiger partial charge in [-0.1, -0.05) is 25.3 Å². The van der Waals surface area contributed by atoms with Crippen molar-refractivity contribution >= 4 is 0 Å². The second kappa shape index (κ2) is 8.28. The van der Waals surface area contributed by atoms with Crippen LogP contribution in [0, 0.1) is 0 Å². The van der Waals surface area contributed by atoms with Crippen LogP contribution in [0.5, 0.6) is 11.5 Å². The number of hydrogen-bond acceptors (Lipinski definition) is 3. The van der Waals surface area contributed by atoms with Gasteiger partial charge in [-0.3, -0.25) is 0 Å². The zero-order chi connectivity index (χ0) is 12.8. The van der Waals surface area contributed by atoms with E-state index in [-0.39, 0.29) is 12.4 Å². The molecule has 1 N–H and O–H groups in total. The topological polar surface area (TPSA) is 30.5 Å². The highest BCUT2D eigenvalue weighted by Crippen LogP contribution is 2.27. The number of nitrogens with one attached hydrogen (secondary N) is 1. The Kier molecular flexibility index (Phi) is 7.03. The average molecular weight is 285 g/mol. The van der Waals surface area contributed by atoms with Gasteiger partial charge in [-0.15, -0.1) is 0 Å². The van der Waals surface area contributed by atoms with E-state index in [0.717, 1.165) is 18.0 Å². The van der Waals surface area contributed by atoms with Gasteiger partial charge in [0.25, 0.3) is 0 Å². The molecule has 3 nitrogen and oxygen atoms in total. The van der Waals surface area contributed by atoms with Gasteiger partial charge in [-0.25, -0.2) is 0 Å². The Morgan fingerprint density at radius 2 is 1.74 bits per heavy atom. The third-order valence-corrected chi connectivity index (χ3v) is 3.65. The van der Waals surface area contributed by atoms with E-state index in [1.807, 2.05) is 6.07 Å². The molecular weight excluding hydrogens is 262 g/mol. The van der Waals surface area contributed by atoms with Crippen LogP contribution < -0.4 is 27.2 Å². The lowest BCUT2D eigenvalue weighted by Crippen LogP contribution is -3.00. The van der Waals surface area contributed by atoms with Crippen LogP contribution in [0.25, 0.3) is 0 Å². The lowest BCUT2D eigenvalue weighted by molar-refractivity contribution is -0.00000438. The normalized spacial score (nSPS) is 15.7. The average Bonchev–Trinajstić information content (AvgIpc) is 2.45. The van der Waals surface area contributed by atoms with Gasteiger partial charge in [0.2, 0.25) is 0 Å². The van der Waals surface area contributed by atoms with Crippen LogP contribution in [0.15, 0.2) is 18.2 Å². The van der Waals surface area contributed by atoms with Crippen molar-refractivity contribution in [2.24, 2.45) is 0 Å². The van der Waals surface area contributed by atoms with Crippen molar-refractivity contribution in [2.75, 3.05) is 14.2 Å². The maximum absolute atomic E-state index is 5.32. The highest BCUT2D eigenvalue weighted by atomic mass is 35.5. The lowest BCUT2D eigenvalue weighted by atomic mass is 9.95. The molecule has 19 heavy (non-hydrogen) atoms. The Hall–Kier alpha value is -0.930. The van der Waals surface area contributed by atoms with Crippen LogP contribution in [-0.2, 0) is 6.54 Å². The van der Waals surface area contributed by atoms with Gasteiger partial charge >= 0.3 is 0 Å². The number of halogens is 1. The van der Waals surface area contributed by atoms with Gasteiger partial charge in [-0.2, -0.15) is 0 Å². The number of benzene rings is 1. The molecule has 1 aromatic rings. The summed E-state index contributed by atoms with van der Waals surface area (Å²) in [6.07, 6.45) is 6.75. The SMILES string of the molecule is COc1ccc(CNC2CCCCC2)cc1OC.[Cl-]. The summed E-state index contributed by atoms with van der Waals surface area (Å²) in [5, 5.41) is 3.63. The summed E-state index contributed by atoms with van der Waals surface area (Å²) >= 11 is 0. The van der Waals surface area contributed by atoms with Crippen molar-refractivity contribution in [3.8, 4) is 11.5 Å². The number of hydrogen-bond donors (Lipinski definition) is 1. The molecule has 0 heterocycles. The quantitative estimate of drug-likeness (QED) is 0.834. The third kappa shape index (κ3) is 4.59. The van der Waals surface area contributed by atoms with Crippen LogP contribution in [-0.4, -0.2) is 20.3 Å². The van der Waals surface area contributed by atoms with Crippen molar-refractivity contribution in [3.05, 3.63) is 23.8 Å². The van der Waals surface area contributed by atoms with E-state index in [1.54, 1.807) is 14.2 Å². The van der Waals surface area contributed by atoms with Crippen LogP contribution in [0.2, 0.25) is 0 Å². The smallest absolute Gasteiger partial charge is 0.161 e. The Labute approximate surface area is 122 Å². The van der Waals surface area contributed by atoms with Crippen molar-refractivity contribution in [3.63, 3.8) is 0 Å². The standard InChI is InChI=1S/C15H23NO2.ClH/c1-17-14-9-8-12(10-15(14)18-2)11-16-13-6-4-3-5-7-13;/h8-10,13,16H,3-7,11H2,1-2H3;1H/p-1. The Bertz CT molecular complexity index is 378. The van der Waals surface area contributed by atoms with Gasteiger partial charge in [0, 0.05) is 12.6 Å². The van der Waals surface area contributed by atoms with Gasteiger partial charge < -0.3 is 27.2 Å². The van der Waals surface area contributed by atoms with Crippen LogP contribution in [0.4, 0.5) is 0 Å². The van der Waals surface area contributed by atoms with Crippen molar-refractivity contribution in [2.45, 2.75) is 44.7 Å². The second-order valence-corrected chi connectivity index (χ2v) is 4.91. The first-order valence-corrected chi connectivity index (χ1v) is 6.78.